The lowest BCUT2D eigenvalue weighted by molar-refractivity contribution is -0.139. The molecule has 0 aliphatic carbocycles. The van der Waals surface area contributed by atoms with E-state index in [-0.39, 0.29) is 10.8 Å². The average Bonchev–Trinajstić information content (AvgIpc) is 2.22. The Bertz CT molecular complexity index is 169. The lowest BCUT2D eigenvalue weighted by Crippen LogP contribution is -2.31. The molecular weight excluding hydrogens is 266 g/mol. The fourth-order valence-corrected chi connectivity index (χ4v) is 1.63. The minimum Gasteiger partial charge on any atom is -0.468 e. The summed E-state index contributed by atoms with van der Waals surface area (Å²) in [4.78, 5) is 10.7. The Morgan fingerprint density at radius 2 is 2.29 bits per heavy atom. The third-order valence-corrected chi connectivity index (χ3v) is 3.65. The molecule has 0 saturated heterocycles. The molecular formula is C9H18BrNO2S. The molecule has 3 nitrogen and oxygen atoms in total. The van der Waals surface area contributed by atoms with Crippen molar-refractivity contribution in [1.29, 1.82) is 0 Å². The first-order chi connectivity index (χ1) is 6.61. The molecule has 0 aliphatic rings. The van der Waals surface area contributed by atoms with E-state index in [1.54, 1.807) is 0 Å². The van der Waals surface area contributed by atoms with Crippen LogP contribution in [0.25, 0.3) is 0 Å². The maximum absolute atomic E-state index is 11.0. The number of methoxy groups -OCH3 is 1. The Hall–Kier alpha value is 0.260. The van der Waals surface area contributed by atoms with Crippen molar-refractivity contribution >= 4 is 33.7 Å². The van der Waals surface area contributed by atoms with Crippen molar-refractivity contribution in [2.75, 3.05) is 26.5 Å². The monoisotopic (exact) mass is 283 g/mol. The average molecular weight is 284 g/mol. The highest BCUT2D eigenvalue weighted by Gasteiger charge is 2.13. The van der Waals surface area contributed by atoms with E-state index in [2.05, 4.69) is 39.2 Å². The van der Waals surface area contributed by atoms with E-state index in [0.29, 0.717) is 11.8 Å². The summed E-state index contributed by atoms with van der Waals surface area (Å²) in [7, 11) is 1.40. The minimum absolute atomic E-state index is 0.226. The van der Waals surface area contributed by atoms with Crippen molar-refractivity contribution in [3.63, 3.8) is 0 Å². The van der Waals surface area contributed by atoms with E-state index in [1.165, 1.54) is 7.11 Å². The number of halogens is 1. The molecule has 2 unspecified atom stereocenters. The van der Waals surface area contributed by atoms with Gasteiger partial charge in [0.25, 0.3) is 0 Å². The van der Waals surface area contributed by atoms with Gasteiger partial charge in [-0.05, 0) is 19.2 Å². The second kappa shape index (κ2) is 8.56. The van der Waals surface area contributed by atoms with Gasteiger partial charge in [-0.3, -0.25) is 4.79 Å². The molecule has 0 saturated carbocycles. The zero-order valence-electron chi connectivity index (χ0n) is 8.88. The van der Waals surface area contributed by atoms with Crippen LogP contribution in [0.2, 0.25) is 0 Å². The Balaban J connectivity index is 3.40. The van der Waals surface area contributed by atoms with Crippen LogP contribution in [-0.2, 0) is 9.53 Å². The van der Waals surface area contributed by atoms with Gasteiger partial charge in [0.1, 0.15) is 4.83 Å². The van der Waals surface area contributed by atoms with Crippen molar-refractivity contribution in [2.45, 2.75) is 23.4 Å². The van der Waals surface area contributed by atoms with E-state index in [0.717, 1.165) is 13.0 Å². The van der Waals surface area contributed by atoms with Crippen LogP contribution in [0, 0.1) is 0 Å². The van der Waals surface area contributed by atoms with Crippen LogP contribution in [-0.4, -0.2) is 42.5 Å². The van der Waals surface area contributed by atoms with Gasteiger partial charge in [0, 0.05) is 11.8 Å². The van der Waals surface area contributed by atoms with Gasteiger partial charge in [-0.25, -0.2) is 0 Å². The lowest BCUT2D eigenvalue weighted by atomic mass is 10.3. The summed E-state index contributed by atoms with van der Waals surface area (Å²) in [6.07, 6.45) is 3.22. The summed E-state index contributed by atoms with van der Waals surface area (Å²) < 4.78 is 4.58. The van der Waals surface area contributed by atoms with Gasteiger partial charge in [0.05, 0.1) is 7.11 Å². The predicted octanol–water partition coefficient (Wildman–Crippen LogP) is 1.65. The standard InChI is InChI=1S/C9H18BrNO2S/c1-7(14-3)4-5-11-6-8(10)9(12)13-2/h7-8,11H,4-6H2,1-3H3. The highest BCUT2D eigenvalue weighted by Crippen LogP contribution is 2.08. The zero-order valence-corrected chi connectivity index (χ0v) is 11.3. The van der Waals surface area contributed by atoms with Crippen LogP contribution in [0.3, 0.4) is 0 Å². The molecule has 0 bridgehead atoms. The Morgan fingerprint density at radius 1 is 1.64 bits per heavy atom. The Labute approximate surface area is 98.5 Å². The number of carbonyl (C=O) groups excluding carboxylic acids is 1. The fraction of sp³-hybridized carbons (Fsp3) is 0.889. The van der Waals surface area contributed by atoms with Crippen molar-refractivity contribution in [2.24, 2.45) is 0 Å². The van der Waals surface area contributed by atoms with Gasteiger partial charge in [-0.1, -0.05) is 22.9 Å². The number of esters is 1. The van der Waals surface area contributed by atoms with E-state index in [9.17, 15) is 4.79 Å². The maximum Gasteiger partial charge on any atom is 0.320 e. The van der Waals surface area contributed by atoms with E-state index >= 15 is 0 Å². The SMILES string of the molecule is COC(=O)C(Br)CNCCC(C)SC. The summed E-state index contributed by atoms with van der Waals surface area (Å²) >= 11 is 5.10. The van der Waals surface area contributed by atoms with Crippen LogP contribution in [0.15, 0.2) is 0 Å². The molecule has 0 aromatic rings. The molecule has 84 valence electrons. The molecule has 0 amide bonds. The molecule has 0 aromatic carbocycles. The number of hydrogen-bond donors (Lipinski definition) is 1. The second-order valence-corrected chi connectivity index (χ2v) is 5.41. The van der Waals surface area contributed by atoms with E-state index in [1.807, 2.05) is 11.8 Å². The highest BCUT2D eigenvalue weighted by molar-refractivity contribution is 9.10. The molecule has 5 heteroatoms. The number of ether oxygens (including phenoxy) is 1. The van der Waals surface area contributed by atoms with Gasteiger partial charge in [0.2, 0.25) is 0 Å². The summed E-state index contributed by atoms with van der Waals surface area (Å²) in [5.74, 6) is -0.226. The topological polar surface area (TPSA) is 38.3 Å². The molecule has 0 aliphatic heterocycles. The quantitative estimate of drug-likeness (QED) is 0.438. The molecule has 0 heterocycles. The van der Waals surface area contributed by atoms with Crippen molar-refractivity contribution in [1.82, 2.24) is 5.32 Å². The van der Waals surface area contributed by atoms with Crippen LogP contribution >= 0.6 is 27.7 Å². The maximum atomic E-state index is 11.0. The smallest absolute Gasteiger partial charge is 0.320 e. The summed E-state index contributed by atoms with van der Waals surface area (Å²) in [6.45, 7) is 3.74. The van der Waals surface area contributed by atoms with Gasteiger partial charge in [-0.2, -0.15) is 11.8 Å². The first kappa shape index (κ1) is 14.3. The van der Waals surface area contributed by atoms with Crippen LogP contribution in [0.1, 0.15) is 13.3 Å². The number of thioether (sulfide) groups is 1. The summed E-state index contributed by atoms with van der Waals surface area (Å²) in [6, 6.07) is 0. The van der Waals surface area contributed by atoms with Gasteiger partial charge in [0.15, 0.2) is 0 Å². The number of alkyl halides is 1. The minimum atomic E-state index is -0.239. The molecule has 0 aromatic heterocycles. The van der Waals surface area contributed by atoms with E-state index in [4.69, 9.17) is 0 Å². The molecule has 0 radical (unpaired) electrons. The number of nitrogens with one attached hydrogen (secondary N) is 1. The third kappa shape index (κ3) is 6.68. The third-order valence-electron chi connectivity index (χ3n) is 1.91. The molecule has 0 rings (SSSR count). The normalized spacial score (nSPS) is 14.9. The fourth-order valence-electron chi connectivity index (χ4n) is 0.863. The van der Waals surface area contributed by atoms with Crippen molar-refractivity contribution < 1.29 is 9.53 Å². The van der Waals surface area contributed by atoms with Crippen molar-refractivity contribution in [3.8, 4) is 0 Å². The number of rotatable bonds is 7. The Morgan fingerprint density at radius 3 is 2.79 bits per heavy atom. The first-order valence-electron chi connectivity index (χ1n) is 4.57. The van der Waals surface area contributed by atoms with Crippen LogP contribution in [0.5, 0.6) is 0 Å². The van der Waals surface area contributed by atoms with Gasteiger partial charge < -0.3 is 10.1 Å². The van der Waals surface area contributed by atoms with Crippen LogP contribution in [0.4, 0.5) is 0 Å². The predicted molar refractivity (Wildman–Crippen MR) is 65.2 cm³/mol. The lowest BCUT2D eigenvalue weighted by Gasteiger charge is -2.11. The molecule has 1 N–H and O–H groups in total. The van der Waals surface area contributed by atoms with Gasteiger partial charge in [-0.15, -0.1) is 0 Å². The van der Waals surface area contributed by atoms with Crippen molar-refractivity contribution in [3.05, 3.63) is 0 Å². The zero-order chi connectivity index (χ0) is 11.0. The Kier molecular flexibility index (Phi) is 8.72. The molecule has 2 atom stereocenters. The number of carbonyl (C=O) groups is 1. The largest absolute Gasteiger partial charge is 0.468 e. The number of hydrogen-bond acceptors (Lipinski definition) is 4. The molecule has 14 heavy (non-hydrogen) atoms. The first-order valence-corrected chi connectivity index (χ1v) is 6.77. The second-order valence-electron chi connectivity index (χ2n) is 3.03. The van der Waals surface area contributed by atoms with E-state index < -0.39 is 0 Å². The summed E-state index contributed by atoms with van der Waals surface area (Å²) in [5, 5.41) is 3.87. The molecule has 0 fully saturated rings. The van der Waals surface area contributed by atoms with Crippen LogP contribution < -0.4 is 5.32 Å². The molecule has 0 spiro atoms. The summed E-state index contributed by atoms with van der Waals surface area (Å²) in [5.41, 5.74) is 0. The highest BCUT2D eigenvalue weighted by atomic mass is 79.9. The van der Waals surface area contributed by atoms with Gasteiger partial charge >= 0.3 is 5.97 Å².